The lowest BCUT2D eigenvalue weighted by Gasteiger charge is -2.03. The molecule has 2 heterocycles. The summed E-state index contributed by atoms with van der Waals surface area (Å²) in [5.74, 6) is 7.51. The van der Waals surface area contributed by atoms with Crippen LogP contribution in [0.2, 0.25) is 0 Å². The number of amides is 1. The van der Waals surface area contributed by atoms with Crippen LogP contribution in [-0.4, -0.2) is 32.6 Å². The molecule has 7 nitrogen and oxygen atoms in total. The van der Waals surface area contributed by atoms with Crippen molar-refractivity contribution in [2.45, 2.75) is 31.0 Å². The van der Waals surface area contributed by atoms with Crippen LogP contribution in [0.1, 0.15) is 18.6 Å². The predicted molar refractivity (Wildman–Crippen MR) is 74.5 cm³/mol. The van der Waals surface area contributed by atoms with Crippen molar-refractivity contribution >= 4 is 17.7 Å². The molecule has 20 heavy (non-hydrogen) atoms. The van der Waals surface area contributed by atoms with Crippen LogP contribution < -0.4 is 11.2 Å². The molecule has 0 unspecified atom stereocenters. The van der Waals surface area contributed by atoms with Gasteiger partial charge >= 0.3 is 0 Å². The number of carbonyl (C=O) groups excluding carboxylic acids is 1. The van der Waals surface area contributed by atoms with Crippen LogP contribution >= 0.6 is 11.8 Å². The van der Waals surface area contributed by atoms with Gasteiger partial charge in [-0.25, -0.2) is 4.68 Å². The molecule has 1 aliphatic carbocycles. The molecule has 0 aliphatic heterocycles. The third-order valence-electron chi connectivity index (χ3n) is 3.04. The summed E-state index contributed by atoms with van der Waals surface area (Å²) in [6.45, 7) is 1.83. The second-order valence-corrected chi connectivity index (χ2v) is 5.64. The van der Waals surface area contributed by atoms with Crippen LogP contribution in [0, 0.1) is 6.92 Å². The molecule has 2 aromatic rings. The summed E-state index contributed by atoms with van der Waals surface area (Å²) in [5, 5.41) is 11.5. The first-order valence-corrected chi connectivity index (χ1v) is 7.31. The molecule has 1 amide bonds. The van der Waals surface area contributed by atoms with Gasteiger partial charge in [-0.15, -0.1) is 10.2 Å². The largest absolute Gasteiger partial charge is 0.469 e. The van der Waals surface area contributed by atoms with Gasteiger partial charge in [-0.05, 0) is 25.8 Å². The maximum Gasteiger partial charge on any atom is 0.230 e. The van der Waals surface area contributed by atoms with Gasteiger partial charge in [0.25, 0.3) is 0 Å². The van der Waals surface area contributed by atoms with E-state index in [0.717, 1.165) is 24.2 Å². The molecule has 0 spiro atoms. The first-order chi connectivity index (χ1) is 9.65. The van der Waals surface area contributed by atoms with Crippen molar-refractivity contribution in [3.63, 3.8) is 0 Å². The molecule has 1 fully saturated rings. The van der Waals surface area contributed by atoms with Crippen molar-refractivity contribution in [1.29, 1.82) is 0 Å². The quantitative estimate of drug-likeness (QED) is 0.628. The standard InChI is InChI=1S/C12H15N5O2S/c1-7-9(4-5-19-7)11-15-16-12(17(11)13)20-6-10(18)14-8-2-3-8/h4-5,8H,2-3,6,13H2,1H3,(H,14,18). The summed E-state index contributed by atoms with van der Waals surface area (Å²) in [4.78, 5) is 11.6. The van der Waals surface area contributed by atoms with Crippen molar-refractivity contribution < 1.29 is 9.21 Å². The van der Waals surface area contributed by atoms with Gasteiger partial charge in [0.15, 0.2) is 5.82 Å². The number of furan rings is 1. The van der Waals surface area contributed by atoms with Gasteiger partial charge in [0.05, 0.1) is 17.6 Å². The number of hydrogen-bond donors (Lipinski definition) is 2. The summed E-state index contributed by atoms with van der Waals surface area (Å²) in [5.41, 5.74) is 0.800. The Morgan fingerprint density at radius 2 is 2.40 bits per heavy atom. The van der Waals surface area contributed by atoms with Gasteiger partial charge in [-0.1, -0.05) is 11.8 Å². The van der Waals surface area contributed by atoms with Gasteiger partial charge in [0, 0.05) is 6.04 Å². The Bertz CT molecular complexity index is 632. The summed E-state index contributed by atoms with van der Waals surface area (Å²) in [6, 6.07) is 2.15. The van der Waals surface area contributed by atoms with E-state index >= 15 is 0 Å². The van der Waals surface area contributed by atoms with Gasteiger partial charge in [-0.2, -0.15) is 0 Å². The van der Waals surface area contributed by atoms with E-state index in [1.54, 1.807) is 12.3 Å². The van der Waals surface area contributed by atoms with Crippen molar-refractivity contribution in [3.05, 3.63) is 18.1 Å². The topological polar surface area (TPSA) is 99.0 Å². The Balaban J connectivity index is 1.67. The minimum atomic E-state index is 0.00143. The number of carbonyl (C=O) groups is 1. The van der Waals surface area contributed by atoms with E-state index < -0.39 is 0 Å². The third kappa shape index (κ3) is 2.64. The SMILES string of the molecule is Cc1occc1-c1nnc(SCC(=O)NC2CC2)n1N. The number of rotatable bonds is 5. The maximum absolute atomic E-state index is 11.6. The highest BCUT2D eigenvalue weighted by Crippen LogP contribution is 2.25. The van der Waals surface area contributed by atoms with Crippen molar-refractivity contribution in [1.82, 2.24) is 20.2 Å². The highest BCUT2D eigenvalue weighted by Gasteiger charge is 2.23. The van der Waals surface area contributed by atoms with E-state index in [-0.39, 0.29) is 11.7 Å². The van der Waals surface area contributed by atoms with Crippen molar-refractivity contribution in [2.75, 3.05) is 11.6 Å². The predicted octanol–water partition coefficient (Wildman–Crippen LogP) is 0.931. The fraction of sp³-hybridized carbons (Fsp3) is 0.417. The number of aromatic nitrogens is 3. The van der Waals surface area contributed by atoms with Crippen LogP contribution in [0.25, 0.3) is 11.4 Å². The maximum atomic E-state index is 11.6. The zero-order valence-electron chi connectivity index (χ0n) is 11.0. The molecule has 0 aromatic carbocycles. The first-order valence-electron chi connectivity index (χ1n) is 6.32. The molecule has 0 saturated heterocycles. The summed E-state index contributed by atoms with van der Waals surface area (Å²) >= 11 is 1.27. The highest BCUT2D eigenvalue weighted by molar-refractivity contribution is 7.99. The molecular weight excluding hydrogens is 278 g/mol. The number of nitrogens with zero attached hydrogens (tertiary/aromatic N) is 3. The molecule has 106 valence electrons. The van der Waals surface area contributed by atoms with E-state index in [9.17, 15) is 4.79 Å². The summed E-state index contributed by atoms with van der Waals surface area (Å²) in [7, 11) is 0. The number of nitrogen functional groups attached to an aromatic ring is 1. The Hall–Kier alpha value is -1.96. The second-order valence-electron chi connectivity index (χ2n) is 4.70. The number of nitrogens with two attached hydrogens (primary N) is 1. The Labute approximate surface area is 119 Å². The van der Waals surface area contributed by atoms with Crippen LogP contribution in [-0.2, 0) is 4.79 Å². The molecule has 0 bridgehead atoms. The molecule has 0 atom stereocenters. The van der Waals surface area contributed by atoms with Crippen molar-refractivity contribution in [3.8, 4) is 11.4 Å². The average molecular weight is 293 g/mol. The van der Waals surface area contributed by atoms with E-state index in [2.05, 4.69) is 15.5 Å². The van der Waals surface area contributed by atoms with Gasteiger partial charge in [0.2, 0.25) is 11.1 Å². The molecule has 3 N–H and O–H groups in total. The fourth-order valence-corrected chi connectivity index (χ4v) is 2.47. The molecule has 1 saturated carbocycles. The monoisotopic (exact) mass is 293 g/mol. The van der Waals surface area contributed by atoms with Gasteiger partial charge in [-0.3, -0.25) is 4.79 Å². The molecular formula is C12H15N5O2S. The minimum absolute atomic E-state index is 0.00143. The normalized spacial score (nSPS) is 14.4. The van der Waals surface area contributed by atoms with Crippen LogP contribution in [0.5, 0.6) is 0 Å². The lowest BCUT2D eigenvalue weighted by atomic mass is 10.2. The van der Waals surface area contributed by atoms with E-state index in [1.165, 1.54) is 16.4 Å². The average Bonchev–Trinajstić information content (AvgIpc) is 3.01. The van der Waals surface area contributed by atoms with Crippen molar-refractivity contribution in [2.24, 2.45) is 0 Å². The molecule has 0 radical (unpaired) electrons. The lowest BCUT2D eigenvalue weighted by molar-refractivity contribution is -0.118. The van der Waals surface area contributed by atoms with Gasteiger partial charge < -0.3 is 15.6 Å². The Kier molecular flexibility index (Phi) is 3.39. The summed E-state index contributed by atoms with van der Waals surface area (Å²) in [6.07, 6.45) is 3.73. The number of nitrogens with one attached hydrogen (secondary N) is 1. The summed E-state index contributed by atoms with van der Waals surface area (Å²) < 4.78 is 6.61. The van der Waals surface area contributed by atoms with Gasteiger partial charge in [0.1, 0.15) is 5.76 Å². The van der Waals surface area contributed by atoms with Crippen LogP contribution in [0.4, 0.5) is 0 Å². The zero-order chi connectivity index (χ0) is 14.1. The molecule has 2 aromatic heterocycles. The van der Waals surface area contributed by atoms with Crippen LogP contribution in [0.15, 0.2) is 21.9 Å². The Morgan fingerprint density at radius 3 is 3.05 bits per heavy atom. The number of hydrogen-bond acceptors (Lipinski definition) is 6. The molecule has 3 rings (SSSR count). The fourth-order valence-electron chi connectivity index (χ4n) is 1.80. The Morgan fingerprint density at radius 1 is 1.60 bits per heavy atom. The smallest absolute Gasteiger partial charge is 0.230 e. The lowest BCUT2D eigenvalue weighted by Crippen LogP contribution is -2.27. The highest BCUT2D eigenvalue weighted by atomic mass is 32.2. The molecule has 1 aliphatic rings. The van der Waals surface area contributed by atoms with E-state index in [1.807, 2.05) is 6.92 Å². The zero-order valence-corrected chi connectivity index (χ0v) is 11.8. The first kappa shape index (κ1) is 13.0. The number of aryl methyl sites for hydroxylation is 1. The minimum Gasteiger partial charge on any atom is -0.469 e. The van der Waals surface area contributed by atoms with E-state index in [4.69, 9.17) is 10.3 Å². The van der Waals surface area contributed by atoms with Crippen LogP contribution in [0.3, 0.4) is 0 Å². The second kappa shape index (κ2) is 5.20. The van der Waals surface area contributed by atoms with E-state index in [0.29, 0.717) is 17.0 Å². The number of thioether (sulfide) groups is 1. The third-order valence-corrected chi connectivity index (χ3v) is 3.98. The molecule has 8 heteroatoms.